The molecule has 0 aliphatic heterocycles. The van der Waals surface area contributed by atoms with Crippen molar-refractivity contribution in [2.75, 3.05) is 0 Å². The van der Waals surface area contributed by atoms with E-state index in [1.54, 1.807) is 6.20 Å². The molecule has 0 saturated carbocycles. The Bertz CT molecular complexity index is 2630. The molecule has 0 amide bonds. The fourth-order valence-corrected chi connectivity index (χ4v) is 6.65. The first-order chi connectivity index (χ1) is 24.7. The van der Waals surface area contributed by atoms with Gasteiger partial charge in [0.15, 0.2) is 5.82 Å². The van der Waals surface area contributed by atoms with Crippen LogP contribution >= 0.6 is 0 Å². The highest BCUT2D eigenvalue weighted by molar-refractivity contribution is 5.89. The largest absolute Gasteiger partial charge is 0.264 e. The first-order valence-corrected chi connectivity index (χ1v) is 16.8. The molecular weight excluding hydrogens is 607 g/mol. The number of aromatic nitrogens is 3. The SMILES string of the molecule is c1cncc(-c2ccc(-c3cc(-c4ccc(-c5ccc6ccccc6c5)cc4)nc(-c4cccc(-c5ccc6ccccc6c5)c4)n3)cc2)c1. The molecular formula is C47H31N3. The van der Waals surface area contributed by atoms with Crippen LogP contribution in [-0.2, 0) is 0 Å². The van der Waals surface area contributed by atoms with E-state index in [1.807, 2.05) is 12.3 Å². The lowest BCUT2D eigenvalue weighted by Gasteiger charge is -2.12. The molecule has 0 unspecified atom stereocenters. The summed E-state index contributed by atoms with van der Waals surface area (Å²) < 4.78 is 0. The zero-order chi connectivity index (χ0) is 33.3. The molecule has 0 atom stereocenters. The van der Waals surface area contributed by atoms with Gasteiger partial charge in [0.05, 0.1) is 11.4 Å². The van der Waals surface area contributed by atoms with Gasteiger partial charge in [0.25, 0.3) is 0 Å². The molecule has 0 bridgehead atoms. The summed E-state index contributed by atoms with van der Waals surface area (Å²) in [5, 5.41) is 4.93. The van der Waals surface area contributed by atoms with Crippen LogP contribution < -0.4 is 0 Å². The number of nitrogens with zero attached hydrogens (tertiary/aromatic N) is 3. The molecule has 0 fully saturated rings. The van der Waals surface area contributed by atoms with E-state index in [-0.39, 0.29) is 0 Å². The molecule has 0 spiro atoms. The van der Waals surface area contributed by atoms with Crippen LogP contribution in [0.15, 0.2) is 188 Å². The van der Waals surface area contributed by atoms with E-state index in [1.165, 1.54) is 32.7 Å². The number of fused-ring (bicyclic) bond motifs is 2. The van der Waals surface area contributed by atoms with E-state index >= 15 is 0 Å². The summed E-state index contributed by atoms with van der Waals surface area (Å²) in [5.41, 5.74) is 11.6. The molecule has 234 valence electrons. The lowest BCUT2D eigenvalue weighted by atomic mass is 9.98. The maximum absolute atomic E-state index is 5.17. The molecule has 50 heavy (non-hydrogen) atoms. The second-order valence-corrected chi connectivity index (χ2v) is 12.6. The number of pyridine rings is 1. The third-order valence-electron chi connectivity index (χ3n) is 9.37. The average Bonchev–Trinajstić information content (AvgIpc) is 3.21. The van der Waals surface area contributed by atoms with Crippen molar-refractivity contribution in [3.8, 4) is 67.3 Å². The van der Waals surface area contributed by atoms with Crippen LogP contribution in [0, 0.1) is 0 Å². The van der Waals surface area contributed by atoms with Crippen LogP contribution in [0.25, 0.3) is 88.8 Å². The lowest BCUT2D eigenvalue weighted by Crippen LogP contribution is -1.96. The van der Waals surface area contributed by atoms with Crippen molar-refractivity contribution < 1.29 is 0 Å². The van der Waals surface area contributed by atoms with Crippen molar-refractivity contribution in [3.63, 3.8) is 0 Å². The zero-order valence-corrected chi connectivity index (χ0v) is 27.2. The monoisotopic (exact) mass is 637 g/mol. The van der Waals surface area contributed by atoms with Crippen molar-refractivity contribution in [1.29, 1.82) is 0 Å². The highest BCUT2D eigenvalue weighted by Gasteiger charge is 2.13. The topological polar surface area (TPSA) is 38.7 Å². The predicted octanol–water partition coefficient (Wildman–Crippen LogP) is 12.2. The summed E-state index contributed by atoms with van der Waals surface area (Å²) in [6, 6.07) is 62.1. The molecule has 0 saturated heterocycles. The highest BCUT2D eigenvalue weighted by Crippen LogP contribution is 2.33. The van der Waals surface area contributed by atoms with Gasteiger partial charge in [-0.15, -0.1) is 0 Å². The van der Waals surface area contributed by atoms with Gasteiger partial charge in [0.1, 0.15) is 0 Å². The van der Waals surface area contributed by atoms with Gasteiger partial charge in [0, 0.05) is 29.1 Å². The molecule has 2 heterocycles. The van der Waals surface area contributed by atoms with Gasteiger partial charge in [-0.25, -0.2) is 9.97 Å². The zero-order valence-electron chi connectivity index (χ0n) is 27.2. The summed E-state index contributed by atoms with van der Waals surface area (Å²) in [7, 11) is 0. The Morgan fingerprint density at radius 2 is 0.740 bits per heavy atom. The molecule has 0 N–H and O–H groups in total. The van der Waals surface area contributed by atoms with Crippen molar-refractivity contribution in [2.45, 2.75) is 0 Å². The van der Waals surface area contributed by atoms with Gasteiger partial charge in [-0.2, -0.15) is 0 Å². The molecule has 7 aromatic carbocycles. The van der Waals surface area contributed by atoms with Gasteiger partial charge in [-0.3, -0.25) is 4.98 Å². The van der Waals surface area contributed by atoms with E-state index in [2.05, 4.69) is 175 Å². The van der Waals surface area contributed by atoms with Crippen LogP contribution in [0.5, 0.6) is 0 Å². The van der Waals surface area contributed by atoms with E-state index in [0.29, 0.717) is 5.82 Å². The Balaban J connectivity index is 1.12. The molecule has 0 aliphatic rings. The highest BCUT2D eigenvalue weighted by atomic mass is 14.9. The normalized spacial score (nSPS) is 11.2. The van der Waals surface area contributed by atoms with Crippen LogP contribution in [-0.4, -0.2) is 15.0 Å². The van der Waals surface area contributed by atoms with E-state index in [4.69, 9.17) is 9.97 Å². The van der Waals surface area contributed by atoms with Crippen molar-refractivity contribution in [1.82, 2.24) is 15.0 Å². The van der Waals surface area contributed by atoms with Gasteiger partial charge in [-0.05, 0) is 85.3 Å². The fourth-order valence-electron chi connectivity index (χ4n) is 6.65. The molecule has 2 aromatic heterocycles. The van der Waals surface area contributed by atoms with Gasteiger partial charge >= 0.3 is 0 Å². The summed E-state index contributed by atoms with van der Waals surface area (Å²) in [6.07, 6.45) is 3.69. The summed E-state index contributed by atoms with van der Waals surface area (Å²) >= 11 is 0. The van der Waals surface area contributed by atoms with Gasteiger partial charge < -0.3 is 0 Å². The van der Waals surface area contributed by atoms with Crippen molar-refractivity contribution in [3.05, 3.63) is 188 Å². The van der Waals surface area contributed by atoms with Crippen molar-refractivity contribution >= 4 is 21.5 Å². The predicted molar refractivity (Wildman–Crippen MR) is 207 cm³/mol. The first kappa shape index (κ1) is 29.4. The van der Waals surface area contributed by atoms with E-state index < -0.39 is 0 Å². The Labute approximate surface area is 291 Å². The van der Waals surface area contributed by atoms with Crippen LogP contribution in [0.2, 0.25) is 0 Å². The maximum atomic E-state index is 5.17. The summed E-state index contributed by atoms with van der Waals surface area (Å²) in [6.45, 7) is 0. The quantitative estimate of drug-likeness (QED) is 0.182. The minimum Gasteiger partial charge on any atom is -0.264 e. The lowest BCUT2D eigenvalue weighted by molar-refractivity contribution is 1.18. The maximum Gasteiger partial charge on any atom is 0.160 e. The van der Waals surface area contributed by atoms with Crippen LogP contribution in [0.1, 0.15) is 0 Å². The number of hydrogen-bond donors (Lipinski definition) is 0. The van der Waals surface area contributed by atoms with Gasteiger partial charge in [0.2, 0.25) is 0 Å². The third kappa shape index (κ3) is 5.82. The molecule has 0 radical (unpaired) electrons. The Hall–Kier alpha value is -6.71. The summed E-state index contributed by atoms with van der Waals surface area (Å²) in [5.74, 6) is 0.690. The van der Waals surface area contributed by atoms with Crippen LogP contribution in [0.4, 0.5) is 0 Å². The molecule has 3 heteroatoms. The molecule has 9 aromatic rings. The second-order valence-electron chi connectivity index (χ2n) is 12.6. The Kier molecular flexibility index (Phi) is 7.49. The molecule has 0 aliphatic carbocycles. The second kappa shape index (κ2) is 12.7. The average molecular weight is 638 g/mol. The third-order valence-corrected chi connectivity index (χ3v) is 9.37. The fraction of sp³-hybridized carbons (Fsp3) is 0. The van der Waals surface area contributed by atoms with Gasteiger partial charge in [-0.1, -0.05) is 146 Å². The van der Waals surface area contributed by atoms with E-state index in [9.17, 15) is 0 Å². The summed E-state index contributed by atoms with van der Waals surface area (Å²) in [4.78, 5) is 14.6. The Morgan fingerprint density at radius 3 is 1.32 bits per heavy atom. The van der Waals surface area contributed by atoms with Crippen molar-refractivity contribution in [2.24, 2.45) is 0 Å². The molecule has 3 nitrogen and oxygen atoms in total. The number of benzene rings is 7. The number of hydrogen-bond acceptors (Lipinski definition) is 3. The minimum atomic E-state index is 0.690. The van der Waals surface area contributed by atoms with E-state index in [0.717, 1.165) is 50.3 Å². The Morgan fingerprint density at radius 1 is 0.280 bits per heavy atom. The molecule has 9 rings (SSSR count). The number of rotatable bonds is 6. The minimum absolute atomic E-state index is 0.690. The first-order valence-electron chi connectivity index (χ1n) is 16.8. The standard InChI is InChI=1S/C47H31N3/c1-3-9-38-27-41(24-18-32(38)7-1)34-14-20-36(21-15-34)45-30-46(37-22-16-35(17-23-37)44-13-6-26-48-31-44)50-47(49-45)43-12-5-11-40(29-43)42-25-19-33-8-2-4-10-39(33)28-42/h1-31H. The van der Waals surface area contributed by atoms with Crippen LogP contribution in [0.3, 0.4) is 0 Å². The smallest absolute Gasteiger partial charge is 0.160 e.